The molecule has 22 heavy (non-hydrogen) atoms. The number of hydrogen-bond acceptors (Lipinski definition) is 4. The third-order valence-corrected chi connectivity index (χ3v) is 3.52. The minimum absolute atomic E-state index is 0.178. The number of aliphatic hydroxyl groups is 1. The van der Waals surface area contributed by atoms with Crippen LogP contribution in [0.5, 0.6) is 0 Å². The number of nitrogens with zero attached hydrogens (tertiary/aromatic N) is 4. The fourth-order valence-corrected chi connectivity index (χ4v) is 2.63. The fraction of sp³-hybridized carbons (Fsp3) is 0.692. The fourth-order valence-electron chi connectivity index (χ4n) is 2.63. The van der Waals surface area contributed by atoms with Crippen LogP contribution in [0.15, 0.2) is 12.3 Å². The van der Waals surface area contributed by atoms with E-state index in [2.05, 4.69) is 5.10 Å². The van der Waals surface area contributed by atoms with E-state index in [9.17, 15) is 23.1 Å². The normalized spacial score (nSPS) is 22.6. The molecule has 0 bridgehead atoms. The summed E-state index contributed by atoms with van der Waals surface area (Å²) in [4.78, 5) is 15.4. The lowest BCUT2D eigenvalue weighted by Crippen LogP contribution is -2.44. The highest BCUT2D eigenvalue weighted by molar-refractivity contribution is 5.76. The number of carbonyl (C=O) groups excluding carboxylic acids is 1. The van der Waals surface area contributed by atoms with Gasteiger partial charge in [-0.25, -0.2) is 0 Å². The van der Waals surface area contributed by atoms with Crippen LogP contribution in [0, 0.1) is 0 Å². The van der Waals surface area contributed by atoms with Crippen molar-refractivity contribution in [1.29, 1.82) is 0 Å². The van der Waals surface area contributed by atoms with E-state index in [1.807, 2.05) is 19.0 Å². The summed E-state index contributed by atoms with van der Waals surface area (Å²) < 4.78 is 38.3. The van der Waals surface area contributed by atoms with E-state index < -0.39 is 17.5 Å². The highest BCUT2D eigenvalue weighted by Gasteiger charge is 2.39. The Morgan fingerprint density at radius 1 is 1.50 bits per heavy atom. The SMILES string of the molecule is CN(C)CC1(O)CCN(C(=O)Cn2ccc(C(F)(F)F)n2)C1. The van der Waals surface area contributed by atoms with Gasteiger partial charge in [-0.05, 0) is 26.6 Å². The monoisotopic (exact) mass is 320 g/mol. The van der Waals surface area contributed by atoms with Gasteiger partial charge in [0.15, 0.2) is 5.69 Å². The molecule has 1 aromatic rings. The molecule has 1 atom stereocenters. The number of hydrogen-bond donors (Lipinski definition) is 1. The van der Waals surface area contributed by atoms with Crippen LogP contribution in [0.2, 0.25) is 0 Å². The molecule has 1 aromatic heterocycles. The molecule has 2 rings (SSSR count). The lowest BCUT2D eigenvalue weighted by molar-refractivity contribution is -0.142. The largest absolute Gasteiger partial charge is 0.435 e. The van der Waals surface area contributed by atoms with Crippen LogP contribution in [-0.4, -0.2) is 69.9 Å². The van der Waals surface area contributed by atoms with Crippen molar-refractivity contribution in [1.82, 2.24) is 19.6 Å². The molecular formula is C13H19F3N4O2. The first-order valence-electron chi connectivity index (χ1n) is 6.85. The zero-order chi connectivity index (χ0) is 16.5. The number of halogens is 3. The lowest BCUT2D eigenvalue weighted by Gasteiger charge is -2.26. The molecule has 2 heterocycles. The molecule has 1 N–H and O–H groups in total. The van der Waals surface area contributed by atoms with E-state index in [0.29, 0.717) is 19.5 Å². The molecule has 1 aliphatic heterocycles. The summed E-state index contributed by atoms with van der Waals surface area (Å²) in [6.07, 6.45) is -2.94. The van der Waals surface area contributed by atoms with Gasteiger partial charge in [-0.2, -0.15) is 18.3 Å². The van der Waals surface area contributed by atoms with Crippen LogP contribution >= 0.6 is 0 Å². The quantitative estimate of drug-likeness (QED) is 0.874. The summed E-state index contributed by atoms with van der Waals surface area (Å²) in [5.41, 5.74) is -1.99. The van der Waals surface area contributed by atoms with Gasteiger partial charge in [0, 0.05) is 19.3 Å². The second kappa shape index (κ2) is 5.88. The van der Waals surface area contributed by atoms with Gasteiger partial charge in [0.1, 0.15) is 6.54 Å². The lowest BCUT2D eigenvalue weighted by atomic mass is 10.0. The van der Waals surface area contributed by atoms with E-state index in [4.69, 9.17) is 0 Å². The van der Waals surface area contributed by atoms with Crippen LogP contribution in [0.1, 0.15) is 12.1 Å². The Bertz CT molecular complexity index is 544. The summed E-state index contributed by atoms with van der Waals surface area (Å²) in [6, 6.07) is 0.833. The van der Waals surface area contributed by atoms with Crippen molar-refractivity contribution < 1.29 is 23.1 Å². The van der Waals surface area contributed by atoms with Gasteiger partial charge in [0.25, 0.3) is 0 Å². The smallest absolute Gasteiger partial charge is 0.387 e. The van der Waals surface area contributed by atoms with Crippen LogP contribution < -0.4 is 0 Å². The van der Waals surface area contributed by atoms with Gasteiger partial charge in [0.2, 0.25) is 5.91 Å². The number of rotatable bonds is 4. The predicted octanol–water partition coefficient (Wildman–Crippen LogP) is 0.427. The van der Waals surface area contributed by atoms with Gasteiger partial charge in [-0.15, -0.1) is 0 Å². The Morgan fingerprint density at radius 2 is 2.18 bits per heavy atom. The van der Waals surface area contributed by atoms with Gasteiger partial charge in [-0.3, -0.25) is 9.48 Å². The summed E-state index contributed by atoms with van der Waals surface area (Å²) in [6.45, 7) is 0.721. The minimum atomic E-state index is -4.52. The molecule has 1 aliphatic rings. The third kappa shape index (κ3) is 3.98. The van der Waals surface area contributed by atoms with Crippen LogP contribution in [0.3, 0.4) is 0 Å². The van der Waals surface area contributed by atoms with Crippen molar-refractivity contribution in [2.24, 2.45) is 0 Å². The highest BCUT2D eigenvalue weighted by atomic mass is 19.4. The van der Waals surface area contributed by atoms with Crippen molar-refractivity contribution in [2.75, 3.05) is 33.7 Å². The maximum absolute atomic E-state index is 12.5. The molecule has 0 aromatic carbocycles. The van der Waals surface area contributed by atoms with E-state index >= 15 is 0 Å². The molecule has 9 heteroatoms. The molecule has 0 spiro atoms. The number of alkyl halides is 3. The van der Waals surface area contributed by atoms with Crippen molar-refractivity contribution in [3.63, 3.8) is 0 Å². The van der Waals surface area contributed by atoms with Crippen molar-refractivity contribution >= 4 is 5.91 Å². The van der Waals surface area contributed by atoms with Gasteiger partial charge >= 0.3 is 6.18 Å². The summed E-state index contributed by atoms with van der Waals surface area (Å²) in [7, 11) is 3.65. The van der Waals surface area contributed by atoms with Crippen molar-refractivity contribution in [3.8, 4) is 0 Å². The van der Waals surface area contributed by atoms with Crippen LogP contribution in [-0.2, 0) is 17.5 Å². The van der Waals surface area contributed by atoms with Gasteiger partial charge < -0.3 is 14.9 Å². The summed E-state index contributed by atoms with van der Waals surface area (Å²) in [5, 5.41) is 13.7. The van der Waals surface area contributed by atoms with Gasteiger partial charge in [0.05, 0.1) is 12.1 Å². The number of amides is 1. The summed E-state index contributed by atoms with van der Waals surface area (Å²) in [5.74, 6) is -0.355. The maximum atomic E-state index is 12.5. The van der Waals surface area contributed by atoms with Crippen LogP contribution in [0.25, 0.3) is 0 Å². The zero-order valence-electron chi connectivity index (χ0n) is 12.5. The molecule has 0 radical (unpaired) electrons. The molecule has 6 nitrogen and oxygen atoms in total. The first kappa shape index (κ1) is 16.8. The Hall–Kier alpha value is -1.61. The average molecular weight is 320 g/mol. The second-order valence-corrected chi connectivity index (χ2v) is 5.92. The topological polar surface area (TPSA) is 61.6 Å². The van der Waals surface area contributed by atoms with Crippen LogP contribution in [0.4, 0.5) is 13.2 Å². The Kier molecular flexibility index (Phi) is 4.48. The first-order chi connectivity index (χ1) is 10.1. The van der Waals surface area contributed by atoms with E-state index in [1.54, 1.807) is 0 Å². The Morgan fingerprint density at radius 3 is 2.73 bits per heavy atom. The minimum Gasteiger partial charge on any atom is -0.387 e. The third-order valence-electron chi connectivity index (χ3n) is 3.52. The second-order valence-electron chi connectivity index (χ2n) is 5.92. The zero-order valence-corrected chi connectivity index (χ0v) is 12.5. The molecule has 1 unspecified atom stereocenters. The highest BCUT2D eigenvalue weighted by Crippen LogP contribution is 2.27. The molecule has 1 fully saturated rings. The molecule has 1 saturated heterocycles. The van der Waals surface area contributed by atoms with E-state index in [0.717, 1.165) is 16.9 Å². The van der Waals surface area contributed by atoms with E-state index in [-0.39, 0.29) is 19.0 Å². The van der Waals surface area contributed by atoms with E-state index in [1.165, 1.54) is 4.90 Å². The molecular weight excluding hydrogens is 301 g/mol. The predicted molar refractivity (Wildman–Crippen MR) is 71.9 cm³/mol. The number of β-amino-alcohol motifs (C(OH)–C–C–N with tert-alkyl or cyclic N) is 1. The Balaban J connectivity index is 1.95. The maximum Gasteiger partial charge on any atom is 0.435 e. The van der Waals surface area contributed by atoms with Gasteiger partial charge in [-0.1, -0.05) is 0 Å². The number of aromatic nitrogens is 2. The number of carbonyl (C=O) groups is 1. The molecule has 124 valence electrons. The molecule has 0 aliphatic carbocycles. The summed E-state index contributed by atoms with van der Waals surface area (Å²) >= 11 is 0. The number of likely N-dealkylation sites (N-methyl/N-ethyl adjacent to an activating group) is 1. The standard InChI is InChI=1S/C13H19F3N4O2/c1-18(2)8-12(22)4-6-19(9-12)11(21)7-20-5-3-10(17-20)13(14,15)16/h3,5,22H,4,6-9H2,1-2H3. The molecule has 0 saturated carbocycles. The van der Waals surface area contributed by atoms with Crippen molar-refractivity contribution in [3.05, 3.63) is 18.0 Å². The average Bonchev–Trinajstić information content (AvgIpc) is 2.94. The molecule has 1 amide bonds. The van der Waals surface area contributed by atoms with Crippen molar-refractivity contribution in [2.45, 2.75) is 24.7 Å². The Labute approximate surface area is 126 Å². The first-order valence-corrected chi connectivity index (χ1v) is 6.85. The number of likely N-dealkylation sites (tertiary alicyclic amines) is 1.